The fraction of sp³-hybridized carbons (Fsp3) is 0.261. The summed E-state index contributed by atoms with van der Waals surface area (Å²) in [5.74, 6) is -2.73. The molecule has 1 unspecified atom stereocenters. The van der Waals surface area contributed by atoms with E-state index in [1.54, 1.807) is 30.6 Å². The second-order valence-electron chi connectivity index (χ2n) is 7.80. The molecule has 6 nitrogen and oxygen atoms in total. The van der Waals surface area contributed by atoms with E-state index in [2.05, 4.69) is 10.1 Å². The highest BCUT2D eigenvalue weighted by Gasteiger charge is 2.25. The first-order valence-corrected chi connectivity index (χ1v) is 10.1. The molecule has 31 heavy (non-hydrogen) atoms. The maximum Gasteiger partial charge on any atom is 0.195 e. The van der Waals surface area contributed by atoms with Crippen molar-refractivity contribution in [2.75, 3.05) is 12.3 Å². The van der Waals surface area contributed by atoms with Gasteiger partial charge in [-0.2, -0.15) is 5.10 Å². The average molecular weight is 422 g/mol. The van der Waals surface area contributed by atoms with Gasteiger partial charge >= 0.3 is 0 Å². The second kappa shape index (κ2) is 7.39. The topological polar surface area (TPSA) is 83.0 Å². The number of carbonyl (C=O) groups is 1. The molecular weight excluding hydrogens is 402 g/mol. The number of hydrogen-bond acceptors (Lipinski definition) is 5. The number of hydrogen-bond donors (Lipinski definition) is 1. The molecule has 2 aromatic heterocycles. The van der Waals surface area contributed by atoms with Crippen LogP contribution in [0.15, 0.2) is 36.7 Å². The van der Waals surface area contributed by atoms with Gasteiger partial charge in [0, 0.05) is 40.9 Å². The Morgan fingerprint density at radius 2 is 2.03 bits per heavy atom. The smallest absolute Gasteiger partial charge is 0.195 e. The minimum atomic E-state index is -1.14. The molecule has 1 aliphatic heterocycles. The van der Waals surface area contributed by atoms with E-state index in [0.29, 0.717) is 23.9 Å². The molecule has 2 N–H and O–H groups in total. The quantitative estimate of drug-likeness (QED) is 0.383. The predicted molar refractivity (Wildman–Crippen MR) is 113 cm³/mol. The van der Waals surface area contributed by atoms with Crippen molar-refractivity contribution in [2.24, 2.45) is 0 Å². The van der Waals surface area contributed by atoms with Crippen LogP contribution in [0.25, 0.3) is 21.8 Å². The SMILES string of the molecule is Cc1cc(C(=O)c2cc(F)c(F)c3nn(C4CCCCO4)cc23)c(N)c2cccnc12. The number of nitrogens with zero attached hydrogens (tertiary/aromatic N) is 3. The van der Waals surface area contributed by atoms with Gasteiger partial charge < -0.3 is 10.5 Å². The first kappa shape index (κ1) is 19.6. The van der Waals surface area contributed by atoms with Gasteiger partial charge in [0.1, 0.15) is 11.7 Å². The summed E-state index contributed by atoms with van der Waals surface area (Å²) in [4.78, 5) is 17.8. The molecule has 1 fully saturated rings. The van der Waals surface area contributed by atoms with Gasteiger partial charge in [-0.1, -0.05) is 0 Å². The first-order chi connectivity index (χ1) is 15.0. The van der Waals surface area contributed by atoms with Crippen LogP contribution >= 0.6 is 0 Å². The summed E-state index contributed by atoms with van der Waals surface area (Å²) in [6.45, 7) is 2.40. The van der Waals surface area contributed by atoms with Gasteiger partial charge in [-0.25, -0.2) is 13.5 Å². The highest BCUT2D eigenvalue weighted by molar-refractivity contribution is 6.20. The van der Waals surface area contributed by atoms with Gasteiger partial charge in [0.25, 0.3) is 0 Å². The fourth-order valence-electron chi connectivity index (χ4n) is 4.18. The largest absolute Gasteiger partial charge is 0.398 e. The first-order valence-electron chi connectivity index (χ1n) is 10.1. The number of nitrogens with two attached hydrogens (primary N) is 1. The molecule has 5 rings (SSSR count). The van der Waals surface area contributed by atoms with E-state index in [9.17, 15) is 13.6 Å². The van der Waals surface area contributed by atoms with Crippen LogP contribution in [0.4, 0.5) is 14.5 Å². The Morgan fingerprint density at radius 3 is 2.81 bits per heavy atom. The van der Waals surface area contributed by atoms with E-state index in [1.807, 2.05) is 6.92 Å². The van der Waals surface area contributed by atoms with E-state index in [1.165, 1.54) is 4.68 Å². The van der Waals surface area contributed by atoms with Crippen LogP contribution in [0.3, 0.4) is 0 Å². The van der Waals surface area contributed by atoms with Crippen LogP contribution < -0.4 is 5.73 Å². The molecule has 1 atom stereocenters. The Morgan fingerprint density at radius 1 is 1.19 bits per heavy atom. The molecule has 3 heterocycles. The van der Waals surface area contributed by atoms with Crippen molar-refractivity contribution in [3.05, 3.63) is 65.0 Å². The number of halogens is 2. The average Bonchev–Trinajstić information content (AvgIpc) is 3.25. The van der Waals surface area contributed by atoms with Crippen molar-refractivity contribution in [1.29, 1.82) is 0 Å². The van der Waals surface area contributed by atoms with Gasteiger partial charge in [0.2, 0.25) is 0 Å². The molecule has 0 bridgehead atoms. The van der Waals surface area contributed by atoms with E-state index < -0.39 is 17.4 Å². The van der Waals surface area contributed by atoms with E-state index in [-0.39, 0.29) is 33.9 Å². The number of aryl methyl sites for hydroxylation is 1. The lowest BCUT2D eigenvalue weighted by molar-refractivity contribution is -0.0391. The molecule has 0 spiro atoms. The van der Waals surface area contributed by atoms with Crippen molar-refractivity contribution < 1.29 is 18.3 Å². The van der Waals surface area contributed by atoms with E-state index >= 15 is 0 Å². The third kappa shape index (κ3) is 3.14. The summed E-state index contributed by atoms with van der Waals surface area (Å²) in [5, 5.41) is 5.07. The number of pyridine rings is 1. The summed E-state index contributed by atoms with van der Waals surface area (Å²) in [6.07, 6.45) is 5.43. The normalized spacial score (nSPS) is 16.8. The van der Waals surface area contributed by atoms with Gasteiger partial charge in [0.15, 0.2) is 17.4 Å². The fourth-order valence-corrected chi connectivity index (χ4v) is 4.18. The van der Waals surface area contributed by atoms with Crippen LogP contribution in [-0.2, 0) is 4.74 Å². The van der Waals surface area contributed by atoms with Crippen LogP contribution in [-0.4, -0.2) is 27.2 Å². The summed E-state index contributed by atoms with van der Waals surface area (Å²) in [7, 11) is 0. The maximum absolute atomic E-state index is 14.5. The lowest BCUT2D eigenvalue weighted by atomic mass is 9.95. The summed E-state index contributed by atoms with van der Waals surface area (Å²) >= 11 is 0. The van der Waals surface area contributed by atoms with Crippen LogP contribution in [0.5, 0.6) is 0 Å². The number of ether oxygens (including phenoxy) is 1. The van der Waals surface area contributed by atoms with E-state index in [0.717, 1.165) is 24.5 Å². The number of benzene rings is 2. The monoisotopic (exact) mass is 422 g/mol. The molecule has 4 aromatic rings. The molecule has 1 aliphatic rings. The highest BCUT2D eigenvalue weighted by Crippen LogP contribution is 2.33. The molecular formula is C23H20F2N4O2. The molecule has 0 aliphatic carbocycles. The third-order valence-electron chi connectivity index (χ3n) is 5.77. The standard InChI is InChI=1S/C23H20F2N4O2/c1-12-9-15(20(26)13-5-4-7-27-21(12)13)23(30)14-10-17(24)19(25)22-16(14)11-29(28-22)18-6-2-3-8-31-18/h4-5,7,9-11,18H,2-3,6,8,26H2,1H3. The molecule has 158 valence electrons. The van der Waals surface area contributed by atoms with Crippen LogP contribution in [0.2, 0.25) is 0 Å². The van der Waals surface area contributed by atoms with Crippen molar-refractivity contribution in [3.63, 3.8) is 0 Å². The second-order valence-corrected chi connectivity index (χ2v) is 7.80. The Bertz CT molecular complexity index is 1340. The van der Waals surface area contributed by atoms with Crippen molar-refractivity contribution in [3.8, 4) is 0 Å². The Labute approximate surface area is 176 Å². The van der Waals surface area contributed by atoms with Gasteiger partial charge in [-0.15, -0.1) is 0 Å². The van der Waals surface area contributed by atoms with Crippen molar-refractivity contribution in [2.45, 2.75) is 32.4 Å². The van der Waals surface area contributed by atoms with Gasteiger partial charge in [0.05, 0.1) is 11.2 Å². The lowest BCUT2D eigenvalue weighted by Crippen LogP contribution is -2.18. The minimum absolute atomic E-state index is 0.00491. The number of fused-ring (bicyclic) bond motifs is 2. The zero-order valence-electron chi connectivity index (χ0n) is 16.9. The summed E-state index contributed by atoms with van der Waals surface area (Å²) in [6, 6.07) is 6.06. The Kier molecular flexibility index (Phi) is 4.66. The molecule has 0 radical (unpaired) electrons. The third-order valence-corrected chi connectivity index (χ3v) is 5.77. The summed E-state index contributed by atoms with van der Waals surface area (Å²) < 4.78 is 36.1. The van der Waals surface area contributed by atoms with Crippen LogP contribution in [0.1, 0.15) is 47.0 Å². The summed E-state index contributed by atoms with van der Waals surface area (Å²) in [5.41, 5.74) is 8.01. The number of ketones is 1. The number of carbonyl (C=O) groups excluding carboxylic acids is 1. The molecule has 1 saturated heterocycles. The Balaban J connectivity index is 1.69. The lowest BCUT2D eigenvalue weighted by Gasteiger charge is -2.22. The number of rotatable bonds is 3. The van der Waals surface area contributed by atoms with Gasteiger partial charge in [-0.05, 0) is 56.0 Å². The van der Waals surface area contributed by atoms with Gasteiger partial charge in [-0.3, -0.25) is 9.78 Å². The number of anilines is 1. The zero-order valence-corrected chi connectivity index (χ0v) is 16.9. The molecule has 2 aromatic carbocycles. The van der Waals surface area contributed by atoms with Crippen LogP contribution in [0, 0.1) is 18.6 Å². The molecule has 0 amide bonds. The van der Waals surface area contributed by atoms with Crippen molar-refractivity contribution >= 4 is 33.3 Å². The highest BCUT2D eigenvalue weighted by atomic mass is 19.2. The van der Waals surface area contributed by atoms with E-state index in [4.69, 9.17) is 10.5 Å². The Hall–Kier alpha value is -3.39. The predicted octanol–water partition coefficient (Wildman–Crippen LogP) is 4.68. The minimum Gasteiger partial charge on any atom is -0.398 e. The zero-order chi connectivity index (χ0) is 21.7. The van der Waals surface area contributed by atoms with Crippen molar-refractivity contribution in [1.82, 2.24) is 14.8 Å². The number of nitrogen functional groups attached to an aromatic ring is 1. The molecule has 0 saturated carbocycles. The number of aromatic nitrogens is 3. The molecule has 8 heteroatoms. The maximum atomic E-state index is 14.5.